The summed E-state index contributed by atoms with van der Waals surface area (Å²) in [7, 11) is 1.33. The van der Waals surface area contributed by atoms with Gasteiger partial charge in [0.1, 0.15) is 0 Å². The Kier molecular flexibility index (Phi) is 3.43. The SMILES string of the molecule is COC(=O)c1cc(N)ccc1Nc1cccnc1. The molecule has 1 aromatic carbocycles. The van der Waals surface area contributed by atoms with E-state index in [9.17, 15) is 4.79 Å². The first-order valence-electron chi connectivity index (χ1n) is 5.35. The minimum Gasteiger partial charge on any atom is -0.465 e. The van der Waals surface area contributed by atoms with Crippen molar-refractivity contribution in [2.24, 2.45) is 0 Å². The molecule has 18 heavy (non-hydrogen) atoms. The number of carbonyl (C=O) groups excluding carboxylic acids is 1. The Labute approximate surface area is 105 Å². The molecular formula is C13H13N3O2. The van der Waals surface area contributed by atoms with E-state index in [1.165, 1.54) is 7.11 Å². The second kappa shape index (κ2) is 5.18. The molecule has 2 rings (SSSR count). The lowest BCUT2D eigenvalue weighted by molar-refractivity contribution is 0.0602. The van der Waals surface area contributed by atoms with Gasteiger partial charge >= 0.3 is 5.97 Å². The highest BCUT2D eigenvalue weighted by Crippen LogP contribution is 2.23. The van der Waals surface area contributed by atoms with Crippen LogP contribution in [0, 0.1) is 0 Å². The standard InChI is InChI=1S/C13H13N3O2/c1-18-13(17)11-7-9(14)4-5-12(11)16-10-3-2-6-15-8-10/h2-8,16H,14H2,1H3. The molecule has 0 bridgehead atoms. The first kappa shape index (κ1) is 11.9. The van der Waals surface area contributed by atoms with Crippen LogP contribution in [0.2, 0.25) is 0 Å². The van der Waals surface area contributed by atoms with Crippen molar-refractivity contribution in [1.29, 1.82) is 0 Å². The molecule has 0 atom stereocenters. The van der Waals surface area contributed by atoms with E-state index in [0.717, 1.165) is 5.69 Å². The first-order chi connectivity index (χ1) is 8.70. The van der Waals surface area contributed by atoms with Gasteiger partial charge < -0.3 is 15.8 Å². The van der Waals surface area contributed by atoms with Gasteiger partial charge in [-0.25, -0.2) is 4.79 Å². The minimum absolute atomic E-state index is 0.390. The Morgan fingerprint density at radius 2 is 2.22 bits per heavy atom. The van der Waals surface area contributed by atoms with Gasteiger partial charge in [0, 0.05) is 11.9 Å². The normalized spacial score (nSPS) is 9.83. The lowest BCUT2D eigenvalue weighted by atomic mass is 10.1. The molecule has 0 amide bonds. The molecule has 0 aliphatic carbocycles. The molecule has 5 nitrogen and oxygen atoms in total. The van der Waals surface area contributed by atoms with Crippen molar-refractivity contribution in [2.45, 2.75) is 0 Å². The zero-order valence-electron chi connectivity index (χ0n) is 9.88. The van der Waals surface area contributed by atoms with E-state index in [0.29, 0.717) is 16.9 Å². The lowest BCUT2D eigenvalue weighted by Gasteiger charge is -2.11. The average molecular weight is 243 g/mol. The van der Waals surface area contributed by atoms with E-state index in [-0.39, 0.29) is 0 Å². The summed E-state index contributed by atoms with van der Waals surface area (Å²) in [6, 6.07) is 8.67. The van der Waals surface area contributed by atoms with E-state index < -0.39 is 5.97 Å². The molecule has 1 heterocycles. The number of hydrogen-bond donors (Lipinski definition) is 2. The predicted octanol–water partition coefficient (Wildman–Crippen LogP) is 2.19. The number of aromatic nitrogens is 1. The molecular weight excluding hydrogens is 230 g/mol. The van der Waals surface area contributed by atoms with Crippen molar-refractivity contribution in [3.8, 4) is 0 Å². The number of benzene rings is 1. The number of nitrogens with zero attached hydrogens (tertiary/aromatic N) is 1. The number of ether oxygens (including phenoxy) is 1. The quantitative estimate of drug-likeness (QED) is 0.638. The van der Waals surface area contributed by atoms with E-state index >= 15 is 0 Å². The molecule has 1 aromatic heterocycles. The number of methoxy groups -OCH3 is 1. The molecule has 0 fully saturated rings. The molecule has 0 aliphatic heterocycles. The summed E-state index contributed by atoms with van der Waals surface area (Å²) in [5.41, 5.74) is 7.98. The smallest absolute Gasteiger partial charge is 0.340 e. The first-order valence-corrected chi connectivity index (χ1v) is 5.35. The third-order valence-electron chi connectivity index (χ3n) is 2.39. The zero-order chi connectivity index (χ0) is 13.0. The van der Waals surface area contributed by atoms with Gasteiger partial charge in [0.05, 0.1) is 30.2 Å². The summed E-state index contributed by atoms with van der Waals surface area (Å²) >= 11 is 0. The number of hydrogen-bond acceptors (Lipinski definition) is 5. The Hall–Kier alpha value is -2.56. The van der Waals surface area contributed by atoms with Crippen molar-refractivity contribution in [1.82, 2.24) is 4.98 Å². The van der Waals surface area contributed by atoms with Crippen molar-refractivity contribution in [3.63, 3.8) is 0 Å². The highest BCUT2D eigenvalue weighted by molar-refractivity contribution is 5.97. The third kappa shape index (κ3) is 2.57. The fraction of sp³-hybridized carbons (Fsp3) is 0.0769. The van der Waals surface area contributed by atoms with E-state index in [1.54, 1.807) is 36.7 Å². The maximum atomic E-state index is 11.6. The molecule has 0 radical (unpaired) electrons. The van der Waals surface area contributed by atoms with Gasteiger partial charge in [-0.05, 0) is 30.3 Å². The molecule has 0 unspecified atom stereocenters. The monoisotopic (exact) mass is 243 g/mol. The third-order valence-corrected chi connectivity index (χ3v) is 2.39. The number of rotatable bonds is 3. The molecule has 2 aromatic rings. The molecule has 0 saturated carbocycles. The van der Waals surface area contributed by atoms with Crippen LogP contribution in [-0.2, 0) is 4.74 Å². The van der Waals surface area contributed by atoms with Crippen molar-refractivity contribution < 1.29 is 9.53 Å². The van der Waals surface area contributed by atoms with E-state index in [1.807, 2.05) is 6.07 Å². The summed E-state index contributed by atoms with van der Waals surface area (Å²) < 4.78 is 4.72. The van der Waals surface area contributed by atoms with Gasteiger partial charge in [0.25, 0.3) is 0 Å². The topological polar surface area (TPSA) is 77.2 Å². The van der Waals surface area contributed by atoms with Crippen LogP contribution >= 0.6 is 0 Å². The average Bonchev–Trinajstić information content (AvgIpc) is 2.41. The molecule has 92 valence electrons. The van der Waals surface area contributed by atoms with Crippen molar-refractivity contribution in [2.75, 3.05) is 18.2 Å². The summed E-state index contributed by atoms with van der Waals surface area (Å²) in [6.45, 7) is 0. The summed E-state index contributed by atoms with van der Waals surface area (Å²) in [4.78, 5) is 15.6. The van der Waals surface area contributed by atoms with Crippen molar-refractivity contribution >= 4 is 23.0 Å². The van der Waals surface area contributed by atoms with Crippen molar-refractivity contribution in [3.05, 3.63) is 48.3 Å². The van der Waals surface area contributed by atoms with Gasteiger partial charge in [0.2, 0.25) is 0 Å². The number of nitrogens with two attached hydrogens (primary N) is 1. The van der Waals surface area contributed by atoms with Gasteiger partial charge in [0.15, 0.2) is 0 Å². The summed E-state index contributed by atoms with van der Waals surface area (Å²) in [5, 5.41) is 3.10. The van der Waals surface area contributed by atoms with Crippen LogP contribution in [0.15, 0.2) is 42.7 Å². The maximum absolute atomic E-state index is 11.6. The van der Waals surface area contributed by atoms with Crippen LogP contribution in [-0.4, -0.2) is 18.1 Å². The van der Waals surface area contributed by atoms with Crippen LogP contribution in [0.25, 0.3) is 0 Å². The number of pyridine rings is 1. The number of nitrogens with one attached hydrogen (secondary N) is 1. The Morgan fingerprint density at radius 3 is 2.89 bits per heavy atom. The van der Waals surface area contributed by atoms with Crippen LogP contribution in [0.4, 0.5) is 17.1 Å². The van der Waals surface area contributed by atoms with Gasteiger partial charge in [-0.2, -0.15) is 0 Å². The fourth-order valence-electron chi connectivity index (χ4n) is 1.54. The number of anilines is 3. The largest absolute Gasteiger partial charge is 0.465 e. The Bertz CT molecular complexity index is 555. The van der Waals surface area contributed by atoms with Crippen LogP contribution in [0.5, 0.6) is 0 Å². The van der Waals surface area contributed by atoms with Gasteiger partial charge in [-0.3, -0.25) is 4.98 Å². The van der Waals surface area contributed by atoms with E-state index in [4.69, 9.17) is 10.5 Å². The Balaban J connectivity index is 2.35. The summed E-state index contributed by atoms with van der Waals surface area (Å²) in [6.07, 6.45) is 3.34. The minimum atomic E-state index is -0.436. The number of esters is 1. The fourth-order valence-corrected chi connectivity index (χ4v) is 1.54. The second-order valence-electron chi connectivity index (χ2n) is 3.66. The maximum Gasteiger partial charge on any atom is 0.340 e. The molecule has 0 aliphatic rings. The lowest BCUT2D eigenvalue weighted by Crippen LogP contribution is -2.06. The van der Waals surface area contributed by atoms with E-state index in [2.05, 4.69) is 10.3 Å². The Morgan fingerprint density at radius 1 is 1.39 bits per heavy atom. The number of carbonyl (C=O) groups is 1. The highest BCUT2D eigenvalue weighted by Gasteiger charge is 2.12. The molecule has 0 saturated heterocycles. The highest BCUT2D eigenvalue weighted by atomic mass is 16.5. The van der Waals surface area contributed by atoms with Gasteiger partial charge in [-0.1, -0.05) is 0 Å². The molecule has 5 heteroatoms. The summed E-state index contributed by atoms with van der Waals surface area (Å²) in [5.74, 6) is -0.436. The molecule has 3 N–H and O–H groups in total. The second-order valence-corrected chi connectivity index (χ2v) is 3.66. The van der Waals surface area contributed by atoms with Crippen LogP contribution in [0.1, 0.15) is 10.4 Å². The number of nitrogen functional groups attached to an aromatic ring is 1. The molecule has 0 spiro atoms. The van der Waals surface area contributed by atoms with Crippen LogP contribution in [0.3, 0.4) is 0 Å². The zero-order valence-corrected chi connectivity index (χ0v) is 9.88. The van der Waals surface area contributed by atoms with Crippen LogP contribution < -0.4 is 11.1 Å². The van der Waals surface area contributed by atoms with Gasteiger partial charge in [-0.15, -0.1) is 0 Å². The predicted molar refractivity (Wildman–Crippen MR) is 69.7 cm³/mol.